The van der Waals surface area contributed by atoms with E-state index in [4.69, 9.17) is 5.11 Å². The van der Waals surface area contributed by atoms with E-state index < -0.39 is 5.60 Å². The van der Waals surface area contributed by atoms with Crippen LogP contribution >= 0.6 is 0 Å². The van der Waals surface area contributed by atoms with Gasteiger partial charge in [-0.3, -0.25) is 4.90 Å². The fourth-order valence-electron chi connectivity index (χ4n) is 3.32. The summed E-state index contributed by atoms with van der Waals surface area (Å²) in [6.45, 7) is 2.93. The zero-order valence-electron chi connectivity index (χ0n) is 13.5. The minimum absolute atomic E-state index is 0.165. The molecule has 1 heterocycles. The molecule has 0 bridgehead atoms. The number of hydrogen-bond acceptors (Lipinski definition) is 3. The van der Waals surface area contributed by atoms with Gasteiger partial charge in [0.15, 0.2) is 0 Å². The van der Waals surface area contributed by atoms with Crippen LogP contribution in [0.3, 0.4) is 0 Å². The zero-order valence-corrected chi connectivity index (χ0v) is 13.5. The van der Waals surface area contributed by atoms with Gasteiger partial charge >= 0.3 is 0 Å². The maximum atomic E-state index is 11.0. The molecule has 0 aromatic heterocycles. The first-order chi connectivity index (χ1) is 11.2. The van der Waals surface area contributed by atoms with E-state index in [0.29, 0.717) is 6.42 Å². The molecule has 0 amide bonds. The number of piperidine rings is 1. The van der Waals surface area contributed by atoms with Crippen molar-refractivity contribution in [1.82, 2.24) is 4.90 Å². The van der Waals surface area contributed by atoms with Gasteiger partial charge in [0.25, 0.3) is 0 Å². The Kier molecular flexibility index (Phi) is 5.11. The van der Waals surface area contributed by atoms with E-state index in [1.165, 1.54) is 5.56 Å². The first-order valence-corrected chi connectivity index (χ1v) is 8.38. The number of nitrogens with zero attached hydrogens (tertiary/aromatic N) is 1. The van der Waals surface area contributed by atoms with E-state index in [9.17, 15) is 5.11 Å². The number of benzene rings is 2. The predicted molar refractivity (Wildman–Crippen MR) is 92.1 cm³/mol. The lowest BCUT2D eigenvalue weighted by atomic mass is 9.84. The van der Waals surface area contributed by atoms with Gasteiger partial charge in [-0.1, -0.05) is 54.6 Å². The van der Waals surface area contributed by atoms with Crippen molar-refractivity contribution in [2.75, 3.05) is 19.7 Å². The smallest absolute Gasteiger partial charge is 0.0920 e. The van der Waals surface area contributed by atoms with E-state index >= 15 is 0 Å². The molecule has 1 fully saturated rings. The molecule has 3 nitrogen and oxygen atoms in total. The molecular formula is C20H25NO2. The Morgan fingerprint density at radius 2 is 1.52 bits per heavy atom. The molecule has 1 saturated heterocycles. The quantitative estimate of drug-likeness (QED) is 0.892. The Morgan fingerprint density at radius 3 is 2.13 bits per heavy atom. The highest BCUT2D eigenvalue weighted by molar-refractivity contribution is 5.28. The first-order valence-electron chi connectivity index (χ1n) is 8.38. The van der Waals surface area contributed by atoms with Gasteiger partial charge < -0.3 is 10.2 Å². The third kappa shape index (κ3) is 3.99. The summed E-state index contributed by atoms with van der Waals surface area (Å²) >= 11 is 0. The molecule has 0 saturated carbocycles. The summed E-state index contributed by atoms with van der Waals surface area (Å²) < 4.78 is 0. The molecule has 0 atom stereocenters. The van der Waals surface area contributed by atoms with Crippen molar-refractivity contribution in [2.24, 2.45) is 0 Å². The first kappa shape index (κ1) is 16.2. The van der Waals surface area contributed by atoms with Gasteiger partial charge in [0.1, 0.15) is 0 Å². The number of aliphatic hydroxyl groups excluding tert-OH is 1. The minimum Gasteiger partial charge on any atom is -0.396 e. The van der Waals surface area contributed by atoms with Crippen LogP contribution in [-0.4, -0.2) is 34.8 Å². The Labute approximate surface area is 138 Å². The van der Waals surface area contributed by atoms with Crippen LogP contribution in [0, 0.1) is 0 Å². The summed E-state index contributed by atoms with van der Waals surface area (Å²) in [6.07, 6.45) is 2.20. The molecule has 0 spiro atoms. The molecule has 0 radical (unpaired) electrons. The average Bonchev–Trinajstić information content (AvgIpc) is 2.59. The number of rotatable bonds is 5. The summed E-state index contributed by atoms with van der Waals surface area (Å²) in [6, 6.07) is 18.5. The number of aliphatic hydroxyl groups is 2. The van der Waals surface area contributed by atoms with E-state index in [1.807, 2.05) is 30.3 Å². The number of likely N-dealkylation sites (tertiary alicyclic amines) is 1. The van der Waals surface area contributed by atoms with Crippen LogP contribution in [0.1, 0.15) is 29.5 Å². The second-order valence-electron chi connectivity index (χ2n) is 6.46. The van der Waals surface area contributed by atoms with Gasteiger partial charge in [-0.2, -0.15) is 0 Å². The van der Waals surface area contributed by atoms with Crippen LogP contribution in [0.2, 0.25) is 0 Å². The topological polar surface area (TPSA) is 43.7 Å². The Bertz CT molecular complexity index is 601. The lowest BCUT2D eigenvalue weighted by Gasteiger charge is -2.38. The van der Waals surface area contributed by atoms with E-state index in [1.54, 1.807) is 0 Å². The van der Waals surface area contributed by atoms with E-state index in [2.05, 4.69) is 29.2 Å². The second-order valence-corrected chi connectivity index (χ2v) is 6.46. The molecule has 2 aromatic carbocycles. The summed E-state index contributed by atoms with van der Waals surface area (Å²) in [7, 11) is 0. The van der Waals surface area contributed by atoms with Crippen molar-refractivity contribution in [1.29, 1.82) is 0 Å². The molecule has 0 aliphatic carbocycles. The number of hydrogen-bond donors (Lipinski definition) is 2. The highest BCUT2D eigenvalue weighted by atomic mass is 16.3. The molecule has 3 rings (SSSR count). The van der Waals surface area contributed by atoms with Crippen molar-refractivity contribution in [3.05, 3.63) is 71.3 Å². The highest BCUT2D eigenvalue weighted by Crippen LogP contribution is 2.33. The normalized spacial score (nSPS) is 18.0. The average molecular weight is 311 g/mol. The fourth-order valence-corrected chi connectivity index (χ4v) is 3.32. The molecular weight excluding hydrogens is 286 g/mol. The summed E-state index contributed by atoms with van der Waals surface area (Å²) in [5.74, 6) is 0. The van der Waals surface area contributed by atoms with Crippen LogP contribution in [0.15, 0.2) is 54.6 Å². The maximum absolute atomic E-state index is 11.0. The fraction of sp³-hybridized carbons (Fsp3) is 0.400. The molecule has 2 N–H and O–H groups in total. The van der Waals surface area contributed by atoms with Crippen LogP contribution in [0.5, 0.6) is 0 Å². The van der Waals surface area contributed by atoms with Crippen LogP contribution in [-0.2, 0) is 18.6 Å². The Balaban J connectivity index is 1.60. The minimum atomic E-state index is -0.717. The standard InChI is InChI=1S/C20H25NO2/c22-15-10-17-6-8-19(9-7-17)20(23)11-13-21(14-12-20)16-18-4-2-1-3-5-18/h1-9,22-23H,10-16H2. The SMILES string of the molecule is OCCc1ccc(C2(O)CCN(Cc3ccccc3)CC2)cc1. The van der Waals surface area contributed by atoms with Gasteiger partial charge in [0, 0.05) is 26.2 Å². The molecule has 2 aromatic rings. The Hall–Kier alpha value is -1.68. The molecule has 0 unspecified atom stereocenters. The molecule has 3 heteroatoms. The van der Waals surface area contributed by atoms with Gasteiger partial charge in [-0.25, -0.2) is 0 Å². The summed E-state index contributed by atoms with van der Waals surface area (Å²) in [4.78, 5) is 2.41. The largest absolute Gasteiger partial charge is 0.396 e. The van der Waals surface area contributed by atoms with Crippen LogP contribution < -0.4 is 0 Å². The zero-order chi connectivity index (χ0) is 16.1. The third-order valence-corrected chi connectivity index (χ3v) is 4.82. The van der Waals surface area contributed by atoms with E-state index in [-0.39, 0.29) is 6.61 Å². The molecule has 1 aliphatic rings. The van der Waals surface area contributed by atoms with Crippen molar-refractivity contribution < 1.29 is 10.2 Å². The van der Waals surface area contributed by atoms with Gasteiger partial charge in [0.05, 0.1) is 5.60 Å². The Morgan fingerprint density at radius 1 is 0.870 bits per heavy atom. The van der Waals surface area contributed by atoms with Crippen molar-refractivity contribution in [2.45, 2.75) is 31.4 Å². The third-order valence-electron chi connectivity index (χ3n) is 4.82. The van der Waals surface area contributed by atoms with Crippen LogP contribution in [0.25, 0.3) is 0 Å². The van der Waals surface area contributed by atoms with Crippen molar-refractivity contribution in [3.8, 4) is 0 Å². The molecule has 23 heavy (non-hydrogen) atoms. The summed E-state index contributed by atoms with van der Waals surface area (Å²) in [5, 5.41) is 20.0. The van der Waals surface area contributed by atoms with Gasteiger partial charge in [-0.15, -0.1) is 0 Å². The highest BCUT2D eigenvalue weighted by Gasteiger charge is 2.33. The summed E-state index contributed by atoms with van der Waals surface area (Å²) in [5.41, 5.74) is 2.72. The molecule has 1 aliphatic heterocycles. The van der Waals surface area contributed by atoms with Crippen molar-refractivity contribution in [3.63, 3.8) is 0 Å². The maximum Gasteiger partial charge on any atom is 0.0920 e. The van der Waals surface area contributed by atoms with Crippen LogP contribution in [0.4, 0.5) is 0 Å². The predicted octanol–water partition coefficient (Wildman–Crippen LogP) is 2.71. The van der Waals surface area contributed by atoms with Gasteiger partial charge in [-0.05, 0) is 36.0 Å². The van der Waals surface area contributed by atoms with E-state index in [0.717, 1.165) is 43.6 Å². The lowest BCUT2D eigenvalue weighted by Crippen LogP contribution is -2.42. The van der Waals surface area contributed by atoms with Crippen molar-refractivity contribution >= 4 is 0 Å². The lowest BCUT2D eigenvalue weighted by molar-refractivity contribution is -0.0277. The molecule has 122 valence electrons. The van der Waals surface area contributed by atoms with Gasteiger partial charge in [0.2, 0.25) is 0 Å². The second kappa shape index (κ2) is 7.26. The monoisotopic (exact) mass is 311 g/mol.